The average Bonchev–Trinajstić information content (AvgIpc) is 2.32. The molecule has 0 unspecified atom stereocenters. The maximum absolute atomic E-state index is 12.0. The van der Waals surface area contributed by atoms with Crippen molar-refractivity contribution in [1.82, 2.24) is 10.2 Å². The van der Waals surface area contributed by atoms with Crippen molar-refractivity contribution in [2.45, 2.75) is 52.5 Å². The third-order valence-electron chi connectivity index (χ3n) is 3.13. The molecule has 0 aliphatic rings. The number of nitrogens with one attached hydrogen (secondary N) is 1. The lowest BCUT2D eigenvalue weighted by atomic mass is 9.93. The van der Waals surface area contributed by atoms with E-state index in [2.05, 4.69) is 5.32 Å². The second-order valence-electron chi connectivity index (χ2n) is 4.10. The van der Waals surface area contributed by atoms with Gasteiger partial charge in [0.1, 0.15) is 5.54 Å². The first-order chi connectivity index (χ1) is 7.97. The molecule has 0 saturated heterocycles. The topological polar surface area (TPSA) is 69.6 Å². The standard InChI is InChI=1S/C12H24N2O3/c1-5-9-14(8-4)11(17)13-12(6-2,7-3)10(15)16/h5-9H2,1-4H3,(H,13,17)(H,15,16). The van der Waals surface area contributed by atoms with Crippen molar-refractivity contribution in [1.29, 1.82) is 0 Å². The molecule has 0 atom stereocenters. The average molecular weight is 244 g/mol. The van der Waals surface area contributed by atoms with Crippen LogP contribution in [0.4, 0.5) is 4.79 Å². The second kappa shape index (κ2) is 7.14. The summed E-state index contributed by atoms with van der Waals surface area (Å²) >= 11 is 0. The van der Waals surface area contributed by atoms with Gasteiger partial charge >= 0.3 is 12.0 Å². The molecule has 0 heterocycles. The summed E-state index contributed by atoms with van der Waals surface area (Å²) in [5, 5.41) is 11.9. The van der Waals surface area contributed by atoms with Gasteiger partial charge in [-0.3, -0.25) is 0 Å². The molecule has 0 saturated carbocycles. The van der Waals surface area contributed by atoms with Crippen LogP contribution in [-0.4, -0.2) is 40.6 Å². The van der Waals surface area contributed by atoms with Crippen LogP contribution < -0.4 is 5.32 Å². The smallest absolute Gasteiger partial charge is 0.329 e. The zero-order valence-electron chi connectivity index (χ0n) is 11.2. The SMILES string of the molecule is CCCN(CC)C(=O)NC(CC)(CC)C(=O)O. The molecule has 5 nitrogen and oxygen atoms in total. The van der Waals surface area contributed by atoms with E-state index >= 15 is 0 Å². The van der Waals surface area contributed by atoms with Gasteiger partial charge in [-0.1, -0.05) is 20.8 Å². The number of nitrogens with zero attached hydrogens (tertiary/aromatic N) is 1. The van der Waals surface area contributed by atoms with E-state index in [-0.39, 0.29) is 6.03 Å². The molecular weight excluding hydrogens is 220 g/mol. The third kappa shape index (κ3) is 3.91. The first-order valence-electron chi connectivity index (χ1n) is 6.27. The third-order valence-corrected chi connectivity index (χ3v) is 3.13. The van der Waals surface area contributed by atoms with Gasteiger partial charge in [-0.05, 0) is 26.2 Å². The van der Waals surface area contributed by atoms with Crippen molar-refractivity contribution < 1.29 is 14.7 Å². The van der Waals surface area contributed by atoms with Crippen LogP contribution in [0.2, 0.25) is 0 Å². The zero-order valence-corrected chi connectivity index (χ0v) is 11.2. The van der Waals surface area contributed by atoms with Crippen molar-refractivity contribution in [2.24, 2.45) is 0 Å². The Morgan fingerprint density at radius 1 is 1.18 bits per heavy atom. The van der Waals surface area contributed by atoms with E-state index in [1.54, 1.807) is 18.7 Å². The molecule has 0 bridgehead atoms. The first kappa shape index (κ1) is 15.7. The largest absolute Gasteiger partial charge is 0.480 e. The summed E-state index contributed by atoms with van der Waals surface area (Å²) in [6, 6.07) is -0.291. The van der Waals surface area contributed by atoms with Crippen molar-refractivity contribution in [3.63, 3.8) is 0 Å². The molecule has 0 aliphatic carbocycles. The molecule has 0 aliphatic heterocycles. The van der Waals surface area contributed by atoms with E-state index < -0.39 is 11.5 Å². The predicted molar refractivity (Wildman–Crippen MR) is 67.0 cm³/mol. The van der Waals surface area contributed by atoms with Gasteiger partial charge in [0.15, 0.2) is 0 Å². The number of urea groups is 1. The van der Waals surface area contributed by atoms with Gasteiger partial charge in [-0.2, -0.15) is 0 Å². The number of amides is 2. The van der Waals surface area contributed by atoms with Gasteiger partial charge in [0.2, 0.25) is 0 Å². The summed E-state index contributed by atoms with van der Waals surface area (Å²) in [5.74, 6) is -0.969. The summed E-state index contributed by atoms with van der Waals surface area (Å²) in [6.45, 7) is 8.64. The molecular formula is C12H24N2O3. The fourth-order valence-electron chi connectivity index (χ4n) is 1.74. The molecule has 5 heteroatoms. The van der Waals surface area contributed by atoms with Gasteiger partial charge in [0.25, 0.3) is 0 Å². The van der Waals surface area contributed by atoms with Crippen LogP contribution in [0, 0.1) is 0 Å². The lowest BCUT2D eigenvalue weighted by Crippen LogP contribution is -2.57. The summed E-state index contributed by atoms with van der Waals surface area (Å²) in [7, 11) is 0. The minimum Gasteiger partial charge on any atom is -0.480 e. The Balaban J connectivity index is 4.76. The van der Waals surface area contributed by atoms with E-state index in [1.165, 1.54) is 0 Å². The number of hydrogen-bond donors (Lipinski definition) is 2. The van der Waals surface area contributed by atoms with Crippen molar-refractivity contribution >= 4 is 12.0 Å². The van der Waals surface area contributed by atoms with Crippen LogP contribution in [0.3, 0.4) is 0 Å². The van der Waals surface area contributed by atoms with Gasteiger partial charge in [0.05, 0.1) is 0 Å². The molecule has 0 fully saturated rings. The summed E-state index contributed by atoms with van der Waals surface area (Å²) in [5.41, 5.74) is -1.14. The number of carboxylic acid groups (broad SMARTS) is 1. The Morgan fingerprint density at radius 2 is 1.71 bits per heavy atom. The highest BCUT2D eigenvalue weighted by molar-refractivity contribution is 5.86. The molecule has 2 N–H and O–H groups in total. The number of carbonyl (C=O) groups excluding carboxylic acids is 1. The highest BCUT2D eigenvalue weighted by atomic mass is 16.4. The second-order valence-corrected chi connectivity index (χ2v) is 4.10. The quantitative estimate of drug-likeness (QED) is 0.720. The van der Waals surface area contributed by atoms with Crippen molar-refractivity contribution in [3.05, 3.63) is 0 Å². The molecule has 0 aromatic heterocycles. The number of aliphatic carboxylic acids is 1. The summed E-state index contributed by atoms with van der Waals surface area (Å²) in [6.07, 6.45) is 1.63. The molecule has 0 spiro atoms. The van der Waals surface area contributed by atoms with Crippen molar-refractivity contribution in [2.75, 3.05) is 13.1 Å². The first-order valence-corrected chi connectivity index (χ1v) is 6.27. The van der Waals surface area contributed by atoms with Crippen LogP contribution in [0.15, 0.2) is 0 Å². The minimum absolute atomic E-state index is 0.291. The number of carbonyl (C=O) groups is 2. The Bertz CT molecular complexity index is 262. The number of carboxylic acids is 1. The maximum atomic E-state index is 12.0. The van der Waals surface area contributed by atoms with Crippen LogP contribution in [-0.2, 0) is 4.79 Å². The van der Waals surface area contributed by atoms with Crippen LogP contribution in [0.5, 0.6) is 0 Å². The Labute approximate surface area is 103 Å². The Hall–Kier alpha value is -1.26. The summed E-state index contributed by atoms with van der Waals surface area (Å²) < 4.78 is 0. The fraction of sp³-hybridized carbons (Fsp3) is 0.833. The van der Waals surface area contributed by atoms with E-state index in [0.29, 0.717) is 25.9 Å². The molecule has 0 rings (SSSR count). The van der Waals surface area contributed by atoms with Crippen molar-refractivity contribution in [3.8, 4) is 0 Å². The highest BCUT2D eigenvalue weighted by Crippen LogP contribution is 2.16. The minimum atomic E-state index is -1.14. The van der Waals surface area contributed by atoms with Gasteiger partial charge < -0.3 is 15.3 Å². The van der Waals surface area contributed by atoms with E-state index in [0.717, 1.165) is 6.42 Å². The van der Waals surface area contributed by atoms with Crippen LogP contribution in [0.25, 0.3) is 0 Å². The number of rotatable bonds is 7. The molecule has 0 radical (unpaired) electrons. The Morgan fingerprint density at radius 3 is 2.00 bits per heavy atom. The predicted octanol–water partition coefficient (Wildman–Crippen LogP) is 2.07. The monoisotopic (exact) mass is 244 g/mol. The molecule has 0 aromatic rings. The van der Waals surface area contributed by atoms with E-state index in [1.807, 2.05) is 13.8 Å². The fourth-order valence-corrected chi connectivity index (χ4v) is 1.74. The molecule has 2 amide bonds. The normalized spacial score (nSPS) is 11.1. The van der Waals surface area contributed by atoms with Gasteiger partial charge in [-0.15, -0.1) is 0 Å². The van der Waals surface area contributed by atoms with Crippen LogP contribution in [0.1, 0.15) is 47.0 Å². The molecule has 100 valence electrons. The van der Waals surface area contributed by atoms with E-state index in [4.69, 9.17) is 0 Å². The van der Waals surface area contributed by atoms with E-state index in [9.17, 15) is 14.7 Å². The Kier molecular flexibility index (Phi) is 6.61. The lowest BCUT2D eigenvalue weighted by molar-refractivity contribution is -0.144. The van der Waals surface area contributed by atoms with Gasteiger partial charge in [-0.25, -0.2) is 9.59 Å². The van der Waals surface area contributed by atoms with Crippen LogP contribution >= 0.6 is 0 Å². The zero-order chi connectivity index (χ0) is 13.5. The van der Waals surface area contributed by atoms with Gasteiger partial charge in [0, 0.05) is 13.1 Å². The molecule has 0 aromatic carbocycles. The molecule has 17 heavy (non-hydrogen) atoms. The maximum Gasteiger partial charge on any atom is 0.329 e. The number of hydrogen-bond acceptors (Lipinski definition) is 2. The highest BCUT2D eigenvalue weighted by Gasteiger charge is 2.37. The summed E-state index contributed by atoms with van der Waals surface area (Å²) in [4.78, 5) is 24.8. The lowest BCUT2D eigenvalue weighted by Gasteiger charge is -2.31.